The number of nitro benzene ring substituents is 2. The second kappa shape index (κ2) is 5.68. The first-order chi connectivity index (χ1) is 10.6. The van der Waals surface area contributed by atoms with E-state index in [1.807, 2.05) is 0 Å². The van der Waals surface area contributed by atoms with E-state index < -0.39 is 52.5 Å². The van der Waals surface area contributed by atoms with Crippen molar-refractivity contribution in [3.05, 3.63) is 68.3 Å². The summed E-state index contributed by atoms with van der Waals surface area (Å²) in [4.78, 5) is 17.5. The molecule has 0 fully saturated rings. The van der Waals surface area contributed by atoms with Gasteiger partial charge in [0, 0.05) is 18.2 Å². The third kappa shape index (κ3) is 2.99. The van der Waals surface area contributed by atoms with Crippen LogP contribution in [0.5, 0.6) is 0 Å². The van der Waals surface area contributed by atoms with Crippen LogP contribution in [0.3, 0.4) is 0 Å². The van der Waals surface area contributed by atoms with Gasteiger partial charge in [0.1, 0.15) is 10.7 Å². The molecule has 0 heterocycles. The molecule has 0 saturated heterocycles. The van der Waals surface area contributed by atoms with Crippen molar-refractivity contribution in [3.63, 3.8) is 0 Å². The number of hydrogen-bond donors (Lipinski definition) is 0. The summed E-state index contributed by atoms with van der Waals surface area (Å²) in [5.74, 6) is -2.55. The summed E-state index contributed by atoms with van der Waals surface area (Å²) in [5.41, 5.74) is -1.79. The number of nitro groups is 2. The summed E-state index contributed by atoms with van der Waals surface area (Å²) < 4.78 is 51.6. The summed E-state index contributed by atoms with van der Waals surface area (Å²) in [7, 11) is -4.65. The molecule has 0 aromatic heterocycles. The van der Waals surface area contributed by atoms with Gasteiger partial charge in [0.25, 0.3) is 5.69 Å². The average Bonchev–Trinajstić information content (AvgIpc) is 2.47. The standard InChI is InChI=1S/C12H6F2N2O6S/c13-9-4-2-8(6-11(9)16(19)20)23(21,22)12-5-7(15(17)18)1-3-10(12)14/h1-6H. The molecular formula is C12H6F2N2O6S. The van der Waals surface area contributed by atoms with E-state index in [1.54, 1.807) is 0 Å². The molecule has 0 amide bonds. The summed E-state index contributed by atoms with van der Waals surface area (Å²) in [6.45, 7) is 0. The van der Waals surface area contributed by atoms with Crippen LogP contribution in [0, 0.1) is 31.9 Å². The Morgan fingerprint density at radius 2 is 1.48 bits per heavy atom. The molecule has 2 rings (SSSR count). The van der Waals surface area contributed by atoms with Crippen molar-refractivity contribution in [2.45, 2.75) is 9.79 Å². The Bertz CT molecular complexity index is 929. The van der Waals surface area contributed by atoms with Crippen molar-refractivity contribution in [2.75, 3.05) is 0 Å². The monoisotopic (exact) mass is 344 g/mol. The highest BCUT2D eigenvalue weighted by Crippen LogP contribution is 2.29. The van der Waals surface area contributed by atoms with Crippen molar-refractivity contribution < 1.29 is 27.0 Å². The minimum Gasteiger partial charge on any atom is -0.258 e. The topological polar surface area (TPSA) is 120 Å². The second-order valence-corrected chi connectivity index (χ2v) is 6.16. The Kier molecular flexibility index (Phi) is 4.06. The van der Waals surface area contributed by atoms with E-state index in [4.69, 9.17) is 0 Å². The number of rotatable bonds is 4. The molecule has 0 radical (unpaired) electrons. The van der Waals surface area contributed by atoms with E-state index >= 15 is 0 Å². The Morgan fingerprint density at radius 1 is 0.870 bits per heavy atom. The van der Waals surface area contributed by atoms with Crippen molar-refractivity contribution in [3.8, 4) is 0 Å². The van der Waals surface area contributed by atoms with Gasteiger partial charge in [-0.3, -0.25) is 20.2 Å². The van der Waals surface area contributed by atoms with Gasteiger partial charge in [0.2, 0.25) is 15.7 Å². The van der Waals surface area contributed by atoms with E-state index in [0.29, 0.717) is 30.3 Å². The molecule has 0 bridgehead atoms. The first kappa shape index (κ1) is 16.4. The van der Waals surface area contributed by atoms with Gasteiger partial charge in [-0.1, -0.05) is 0 Å². The molecule has 2 aromatic rings. The lowest BCUT2D eigenvalue weighted by atomic mass is 10.3. The summed E-state index contributed by atoms with van der Waals surface area (Å²) in [6, 6.07) is 3.50. The zero-order chi connectivity index (χ0) is 17.4. The smallest absolute Gasteiger partial charge is 0.258 e. The molecule has 0 atom stereocenters. The third-order valence-corrected chi connectivity index (χ3v) is 4.61. The van der Waals surface area contributed by atoms with Crippen LogP contribution in [0.4, 0.5) is 20.2 Å². The number of halogens is 2. The zero-order valence-corrected chi connectivity index (χ0v) is 11.8. The molecule has 0 unspecified atom stereocenters. The van der Waals surface area contributed by atoms with Crippen LogP contribution in [-0.4, -0.2) is 18.3 Å². The minimum absolute atomic E-state index is 0.420. The number of hydrogen-bond acceptors (Lipinski definition) is 6. The van der Waals surface area contributed by atoms with Gasteiger partial charge in [-0.2, -0.15) is 4.39 Å². The molecule has 23 heavy (non-hydrogen) atoms. The Morgan fingerprint density at radius 3 is 2.04 bits per heavy atom. The van der Waals surface area contributed by atoms with Crippen LogP contribution in [0.25, 0.3) is 0 Å². The van der Waals surface area contributed by atoms with E-state index in [2.05, 4.69) is 0 Å². The maximum Gasteiger partial charge on any atom is 0.306 e. The van der Waals surface area contributed by atoms with E-state index in [9.17, 15) is 37.4 Å². The highest BCUT2D eigenvalue weighted by atomic mass is 32.2. The Balaban J connectivity index is 2.68. The van der Waals surface area contributed by atoms with Crippen molar-refractivity contribution in [1.29, 1.82) is 0 Å². The van der Waals surface area contributed by atoms with Crippen LogP contribution < -0.4 is 0 Å². The normalized spacial score (nSPS) is 11.2. The van der Waals surface area contributed by atoms with Crippen molar-refractivity contribution >= 4 is 21.2 Å². The molecular weight excluding hydrogens is 338 g/mol. The van der Waals surface area contributed by atoms with Gasteiger partial charge in [0.15, 0.2) is 0 Å². The van der Waals surface area contributed by atoms with Crippen LogP contribution >= 0.6 is 0 Å². The SMILES string of the molecule is O=[N+]([O-])c1ccc(F)c(S(=O)(=O)c2ccc(F)c([N+](=O)[O-])c2)c1. The lowest BCUT2D eigenvalue weighted by Crippen LogP contribution is -2.07. The van der Waals surface area contributed by atoms with Crippen molar-refractivity contribution in [2.24, 2.45) is 0 Å². The molecule has 8 nitrogen and oxygen atoms in total. The van der Waals surface area contributed by atoms with E-state index in [0.717, 1.165) is 6.07 Å². The number of nitrogens with zero attached hydrogens (tertiary/aromatic N) is 2. The van der Waals surface area contributed by atoms with Crippen LogP contribution in [0.2, 0.25) is 0 Å². The largest absolute Gasteiger partial charge is 0.306 e. The first-order valence-corrected chi connectivity index (χ1v) is 7.26. The van der Waals surface area contributed by atoms with E-state index in [1.165, 1.54) is 0 Å². The fourth-order valence-electron chi connectivity index (χ4n) is 1.74. The highest BCUT2D eigenvalue weighted by Gasteiger charge is 2.27. The maximum atomic E-state index is 13.7. The van der Waals surface area contributed by atoms with Gasteiger partial charge < -0.3 is 0 Å². The Labute approximate surface area is 127 Å². The molecule has 0 aliphatic heterocycles. The average molecular weight is 344 g/mol. The first-order valence-electron chi connectivity index (χ1n) is 5.77. The number of benzene rings is 2. The van der Waals surface area contributed by atoms with E-state index in [-0.39, 0.29) is 0 Å². The van der Waals surface area contributed by atoms with Gasteiger partial charge in [-0.25, -0.2) is 12.8 Å². The maximum absolute atomic E-state index is 13.7. The third-order valence-electron chi connectivity index (χ3n) is 2.84. The molecule has 0 spiro atoms. The van der Waals surface area contributed by atoms with Gasteiger partial charge >= 0.3 is 5.69 Å². The predicted octanol–water partition coefficient (Wildman–Crippen LogP) is 2.61. The van der Waals surface area contributed by atoms with Gasteiger partial charge in [-0.15, -0.1) is 0 Å². The van der Waals surface area contributed by atoms with Crippen LogP contribution in [0.1, 0.15) is 0 Å². The fraction of sp³-hybridized carbons (Fsp3) is 0. The molecule has 2 aromatic carbocycles. The molecule has 0 aliphatic rings. The second-order valence-electron chi connectivity index (χ2n) is 4.25. The number of non-ortho nitro benzene ring substituents is 1. The van der Waals surface area contributed by atoms with Gasteiger partial charge in [-0.05, 0) is 18.2 Å². The summed E-state index contributed by atoms with van der Waals surface area (Å²) >= 11 is 0. The summed E-state index contributed by atoms with van der Waals surface area (Å²) in [6.07, 6.45) is 0. The molecule has 120 valence electrons. The predicted molar refractivity (Wildman–Crippen MR) is 71.6 cm³/mol. The Hall–Kier alpha value is -2.95. The lowest BCUT2D eigenvalue weighted by Gasteiger charge is -2.06. The highest BCUT2D eigenvalue weighted by molar-refractivity contribution is 7.91. The number of sulfone groups is 1. The molecule has 0 N–H and O–H groups in total. The van der Waals surface area contributed by atoms with Crippen LogP contribution in [-0.2, 0) is 9.84 Å². The van der Waals surface area contributed by atoms with Crippen molar-refractivity contribution in [1.82, 2.24) is 0 Å². The molecule has 11 heteroatoms. The fourth-order valence-corrected chi connectivity index (χ4v) is 3.11. The quantitative estimate of drug-likeness (QED) is 0.477. The van der Waals surface area contributed by atoms with Gasteiger partial charge in [0.05, 0.1) is 14.7 Å². The zero-order valence-electron chi connectivity index (χ0n) is 11.0. The lowest BCUT2D eigenvalue weighted by molar-refractivity contribution is -0.387. The van der Waals surface area contributed by atoms with Crippen LogP contribution in [0.15, 0.2) is 46.2 Å². The summed E-state index contributed by atoms with van der Waals surface area (Å²) in [5, 5.41) is 21.3. The minimum atomic E-state index is -4.65. The molecule has 0 aliphatic carbocycles. The molecule has 0 saturated carbocycles.